The number of nitrogens with zero attached hydrogens (tertiary/aromatic N) is 3. The Bertz CT molecular complexity index is 584. The Balaban J connectivity index is 1.50. The standard InChI is InChI=1S/C14H19N5S/c1-5-17-18-11(1)10-2-6-19(7-3-10)14-13-12(4-8-20-13)15-9-16-14/h4,8-11,17-18H,1-3,5-7H2. The van der Waals surface area contributed by atoms with Gasteiger partial charge in [-0.3, -0.25) is 10.9 Å². The van der Waals surface area contributed by atoms with Crippen LogP contribution in [-0.2, 0) is 0 Å². The van der Waals surface area contributed by atoms with Gasteiger partial charge in [-0.1, -0.05) is 0 Å². The monoisotopic (exact) mass is 289 g/mol. The Kier molecular flexibility index (Phi) is 3.29. The van der Waals surface area contributed by atoms with E-state index in [0.717, 1.165) is 36.9 Å². The summed E-state index contributed by atoms with van der Waals surface area (Å²) in [6.07, 6.45) is 5.44. The summed E-state index contributed by atoms with van der Waals surface area (Å²) in [6.45, 7) is 3.31. The molecule has 20 heavy (non-hydrogen) atoms. The van der Waals surface area contributed by atoms with E-state index in [1.54, 1.807) is 17.7 Å². The molecule has 1 atom stereocenters. The quantitative estimate of drug-likeness (QED) is 0.882. The predicted molar refractivity (Wildman–Crippen MR) is 81.9 cm³/mol. The lowest BCUT2D eigenvalue weighted by Gasteiger charge is -2.35. The molecular weight excluding hydrogens is 270 g/mol. The molecule has 4 heterocycles. The average molecular weight is 289 g/mol. The lowest BCUT2D eigenvalue weighted by Crippen LogP contribution is -2.43. The fourth-order valence-corrected chi connectivity index (χ4v) is 4.23. The third kappa shape index (κ3) is 2.17. The highest BCUT2D eigenvalue weighted by molar-refractivity contribution is 7.17. The zero-order valence-electron chi connectivity index (χ0n) is 11.4. The average Bonchev–Trinajstić information content (AvgIpc) is 3.18. The predicted octanol–water partition coefficient (Wildman–Crippen LogP) is 1.77. The first-order chi connectivity index (χ1) is 9.92. The van der Waals surface area contributed by atoms with Crippen LogP contribution in [-0.4, -0.2) is 35.6 Å². The number of hydrogen-bond acceptors (Lipinski definition) is 6. The van der Waals surface area contributed by atoms with Crippen molar-refractivity contribution in [3.63, 3.8) is 0 Å². The second-order valence-corrected chi connectivity index (χ2v) is 6.54. The number of anilines is 1. The summed E-state index contributed by atoms with van der Waals surface area (Å²) in [5, 5.41) is 2.10. The molecule has 0 aliphatic carbocycles. The third-order valence-corrected chi connectivity index (χ3v) is 5.40. The van der Waals surface area contributed by atoms with Crippen molar-refractivity contribution >= 4 is 27.4 Å². The molecule has 0 saturated carbocycles. The van der Waals surface area contributed by atoms with E-state index in [-0.39, 0.29) is 0 Å². The van der Waals surface area contributed by atoms with Gasteiger partial charge in [0.2, 0.25) is 0 Å². The Morgan fingerprint density at radius 1 is 1.20 bits per heavy atom. The maximum atomic E-state index is 4.52. The van der Waals surface area contributed by atoms with Crippen molar-refractivity contribution in [2.75, 3.05) is 24.5 Å². The molecule has 0 aromatic carbocycles. The van der Waals surface area contributed by atoms with Gasteiger partial charge in [-0.15, -0.1) is 11.3 Å². The highest BCUT2D eigenvalue weighted by atomic mass is 32.1. The van der Waals surface area contributed by atoms with Gasteiger partial charge in [0, 0.05) is 25.7 Å². The first-order valence-electron chi connectivity index (χ1n) is 7.33. The first kappa shape index (κ1) is 12.5. The molecule has 6 heteroatoms. The van der Waals surface area contributed by atoms with Crippen molar-refractivity contribution in [3.8, 4) is 0 Å². The molecule has 2 fully saturated rings. The zero-order valence-corrected chi connectivity index (χ0v) is 12.2. The zero-order chi connectivity index (χ0) is 13.4. The van der Waals surface area contributed by atoms with Crippen molar-refractivity contribution in [3.05, 3.63) is 17.8 Å². The Morgan fingerprint density at radius 3 is 2.90 bits per heavy atom. The first-order valence-corrected chi connectivity index (χ1v) is 8.21. The number of rotatable bonds is 2. The van der Waals surface area contributed by atoms with Gasteiger partial charge in [0.05, 0.1) is 10.2 Å². The Labute approximate surface area is 122 Å². The summed E-state index contributed by atoms with van der Waals surface area (Å²) in [4.78, 5) is 11.3. The fraction of sp³-hybridized carbons (Fsp3) is 0.571. The Morgan fingerprint density at radius 2 is 2.10 bits per heavy atom. The minimum absolute atomic E-state index is 0.657. The SMILES string of the molecule is c1nc(N2CCC(C3CCNN3)CC2)c2sccc2n1. The summed E-state index contributed by atoms with van der Waals surface area (Å²) in [7, 11) is 0. The molecule has 0 amide bonds. The van der Waals surface area contributed by atoms with E-state index in [0.29, 0.717) is 6.04 Å². The molecular formula is C14H19N5S. The van der Waals surface area contributed by atoms with Crippen LogP contribution >= 0.6 is 11.3 Å². The van der Waals surface area contributed by atoms with E-state index in [1.807, 2.05) is 0 Å². The van der Waals surface area contributed by atoms with Gasteiger partial charge in [0.25, 0.3) is 0 Å². The highest BCUT2D eigenvalue weighted by Gasteiger charge is 2.29. The molecule has 5 nitrogen and oxygen atoms in total. The molecule has 2 N–H and O–H groups in total. The summed E-state index contributed by atoms with van der Waals surface area (Å²) in [6, 6.07) is 2.73. The molecule has 106 valence electrons. The summed E-state index contributed by atoms with van der Waals surface area (Å²) >= 11 is 1.74. The lowest BCUT2D eigenvalue weighted by molar-refractivity contribution is 0.310. The summed E-state index contributed by atoms with van der Waals surface area (Å²) in [5.74, 6) is 1.92. The van der Waals surface area contributed by atoms with Gasteiger partial charge in [-0.25, -0.2) is 9.97 Å². The van der Waals surface area contributed by atoms with E-state index >= 15 is 0 Å². The van der Waals surface area contributed by atoms with Crippen LogP contribution in [0.4, 0.5) is 5.82 Å². The second-order valence-electron chi connectivity index (χ2n) is 5.62. The van der Waals surface area contributed by atoms with Crippen molar-refractivity contribution in [2.45, 2.75) is 25.3 Å². The third-order valence-electron chi connectivity index (χ3n) is 4.50. The molecule has 0 bridgehead atoms. The van der Waals surface area contributed by atoms with Crippen LogP contribution in [0, 0.1) is 5.92 Å². The molecule has 2 aromatic heterocycles. The van der Waals surface area contributed by atoms with Gasteiger partial charge in [0.15, 0.2) is 0 Å². The maximum absolute atomic E-state index is 4.52. The van der Waals surface area contributed by atoms with Gasteiger partial charge < -0.3 is 4.90 Å². The van der Waals surface area contributed by atoms with E-state index < -0.39 is 0 Å². The number of aromatic nitrogens is 2. The number of fused-ring (bicyclic) bond motifs is 1. The second kappa shape index (κ2) is 5.27. The number of hydrogen-bond donors (Lipinski definition) is 2. The molecule has 4 rings (SSSR count). The fourth-order valence-electron chi connectivity index (χ4n) is 3.37. The maximum Gasteiger partial charge on any atom is 0.150 e. The molecule has 2 aliphatic rings. The van der Waals surface area contributed by atoms with E-state index in [4.69, 9.17) is 0 Å². The van der Waals surface area contributed by atoms with Crippen LogP contribution < -0.4 is 15.8 Å². The van der Waals surface area contributed by atoms with Crippen molar-refractivity contribution in [1.82, 2.24) is 20.8 Å². The minimum atomic E-state index is 0.657. The highest BCUT2D eigenvalue weighted by Crippen LogP contribution is 2.31. The largest absolute Gasteiger partial charge is 0.355 e. The minimum Gasteiger partial charge on any atom is -0.355 e. The van der Waals surface area contributed by atoms with Crippen molar-refractivity contribution < 1.29 is 0 Å². The number of nitrogens with one attached hydrogen (secondary N) is 2. The van der Waals surface area contributed by atoms with Gasteiger partial charge in [0.1, 0.15) is 12.1 Å². The normalized spacial score (nSPS) is 24.6. The molecule has 0 radical (unpaired) electrons. The molecule has 2 aromatic rings. The number of piperidine rings is 1. The van der Waals surface area contributed by atoms with Gasteiger partial charge in [-0.05, 0) is 36.6 Å². The van der Waals surface area contributed by atoms with E-state index in [2.05, 4.69) is 37.2 Å². The topological polar surface area (TPSA) is 53.1 Å². The number of thiophene rings is 1. The van der Waals surface area contributed by atoms with Gasteiger partial charge in [-0.2, -0.15) is 0 Å². The summed E-state index contributed by atoms with van der Waals surface area (Å²) in [5.41, 5.74) is 7.74. The van der Waals surface area contributed by atoms with Crippen LogP contribution in [0.3, 0.4) is 0 Å². The van der Waals surface area contributed by atoms with E-state index in [1.165, 1.54) is 24.0 Å². The van der Waals surface area contributed by atoms with Crippen molar-refractivity contribution in [2.24, 2.45) is 5.92 Å². The lowest BCUT2D eigenvalue weighted by atomic mass is 9.88. The Hall–Kier alpha value is -1.24. The van der Waals surface area contributed by atoms with Crippen LogP contribution in [0.25, 0.3) is 10.2 Å². The number of hydrazine groups is 1. The molecule has 2 saturated heterocycles. The molecule has 2 aliphatic heterocycles. The molecule has 1 unspecified atom stereocenters. The summed E-state index contributed by atoms with van der Waals surface area (Å²) < 4.78 is 1.23. The van der Waals surface area contributed by atoms with Crippen LogP contribution in [0.2, 0.25) is 0 Å². The smallest absolute Gasteiger partial charge is 0.150 e. The van der Waals surface area contributed by atoms with Gasteiger partial charge >= 0.3 is 0 Å². The van der Waals surface area contributed by atoms with Crippen LogP contribution in [0.15, 0.2) is 17.8 Å². The van der Waals surface area contributed by atoms with Crippen molar-refractivity contribution in [1.29, 1.82) is 0 Å². The van der Waals surface area contributed by atoms with Crippen LogP contribution in [0.5, 0.6) is 0 Å². The van der Waals surface area contributed by atoms with Crippen LogP contribution in [0.1, 0.15) is 19.3 Å². The van der Waals surface area contributed by atoms with E-state index in [9.17, 15) is 0 Å². The molecule has 0 spiro atoms.